The number of amides is 2. The van der Waals surface area contributed by atoms with Gasteiger partial charge in [0.25, 0.3) is 0 Å². The maximum atomic E-state index is 12.4. The maximum Gasteiger partial charge on any atom is 0.313 e. The number of aliphatic hydroxyl groups is 1. The van der Waals surface area contributed by atoms with Crippen molar-refractivity contribution in [2.24, 2.45) is 5.92 Å². The third-order valence-electron chi connectivity index (χ3n) is 5.82. The molecule has 148 valence electrons. The molecule has 0 aromatic heterocycles. The highest BCUT2D eigenvalue weighted by molar-refractivity contribution is 6.39. The summed E-state index contributed by atoms with van der Waals surface area (Å²) in [6.45, 7) is 6.77. The first-order valence-corrected chi connectivity index (χ1v) is 10.0. The van der Waals surface area contributed by atoms with Crippen LogP contribution in [-0.2, 0) is 9.59 Å². The molecule has 6 nitrogen and oxygen atoms in total. The molecule has 1 aromatic carbocycles. The van der Waals surface area contributed by atoms with E-state index in [-0.39, 0.29) is 5.92 Å². The van der Waals surface area contributed by atoms with Gasteiger partial charge in [-0.2, -0.15) is 0 Å². The highest BCUT2D eigenvalue weighted by Gasteiger charge is 2.33. The van der Waals surface area contributed by atoms with Crippen LogP contribution in [0.4, 0.5) is 11.4 Å². The van der Waals surface area contributed by atoms with Crippen LogP contribution in [0.2, 0.25) is 0 Å². The molecular formula is C21H31N3O3. The molecule has 6 heteroatoms. The Kier molecular flexibility index (Phi) is 6.05. The molecule has 2 heterocycles. The Hall–Kier alpha value is -2.08. The number of nitrogens with one attached hydrogen (secondary N) is 1. The number of piperidine rings is 2. The first-order valence-electron chi connectivity index (χ1n) is 10.0. The summed E-state index contributed by atoms with van der Waals surface area (Å²) >= 11 is 0. The Morgan fingerprint density at radius 1 is 1.00 bits per heavy atom. The minimum Gasteiger partial charge on any atom is -0.390 e. The molecule has 3 rings (SSSR count). The van der Waals surface area contributed by atoms with Crippen molar-refractivity contribution in [2.75, 3.05) is 36.4 Å². The number of hydrogen-bond acceptors (Lipinski definition) is 4. The molecule has 2 saturated heterocycles. The van der Waals surface area contributed by atoms with Crippen LogP contribution < -0.4 is 10.2 Å². The van der Waals surface area contributed by atoms with Gasteiger partial charge in [0.05, 0.1) is 5.60 Å². The van der Waals surface area contributed by atoms with Crippen LogP contribution in [0.25, 0.3) is 0 Å². The van der Waals surface area contributed by atoms with E-state index in [1.54, 1.807) is 18.7 Å². The second kappa shape index (κ2) is 8.30. The molecule has 0 bridgehead atoms. The van der Waals surface area contributed by atoms with E-state index in [1.165, 1.54) is 19.3 Å². The average Bonchev–Trinajstić information content (AvgIpc) is 2.68. The third kappa shape index (κ3) is 5.01. The van der Waals surface area contributed by atoms with Crippen molar-refractivity contribution in [2.45, 2.75) is 51.6 Å². The van der Waals surface area contributed by atoms with Crippen molar-refractivity contribution in [3.05, 3.63) is 24.3 Å². The Labute approximate surface area is 161 Å². The van der Waals surface area contributed by atoms with E-state index in [2.05, 4.69) is 10.2 Å². The summed E-state index contributed by atoms with van der Waals surface area (Å²) in [5.74, 6) is -0.932. The third-order valence-corrected chi connectivity index (χ3v) is 5.82. The zero-order valence-electron chi connectivity index (χ0n) is 16.4. The molecule has 0 aliphatic carbocycles. The quantitative estimate of drug-likeness (QED) is 0.799. The highest BCUT2D eigenvalue weighted by atomic mass is 16.3. The SMILES string of the molecule is CC(C)(O)C1CCN(C(=O)C(=O)Nc2ccc(N3CCCCC3)cc2)CC1. The van der Waals surface area contributed by atoms with Crippen molar-refractivity contribution in [1.82, 2.24) is 4.90 Å². The lowest BCUT2D eigenvalue weighted by molar-refractivity contribution is -0.145. The van der Waals surface area contributed by atoms with Crippen molar-refractivity contribution >= 4 is 23.2 Å². The van der Waals surface area contributed by atoms with Crippen LogP contribution in [0.3, 0.4) is 0 Å². The minimum atomic E-state index is -0.743. The summed E-state index contributed by atoms with van der Waals surface area (Å²) in [6.07, 6.45) is 5.16. The molecule has 1 aromatic rings. The maximum absolute atomic E-state index is 12.4. The molecule has 2 aliphatic heterocycles. The first kappa shape index (κ1) is 19.7. The number of hydrogen-bond donors (Lipinski definition) is 2. The zero-order chi connectivity index (χ0) is 19.4. The van der Waals surface area contributed by atoms with Gasteiger partial charge in [-0.05, 0) is 76.1 Å². The van der Waals surface area contributed by atoms with Gasteiger partial charge in [0, 0.05) is 37.6 Å². The number of carbonyl (C=O) groups is 2. The number of nitrogens with zero attached hydrogens (tertiary/aromatic N) is 2. The zero-order valence-corrected chi connectivity index (χ0v) is 16.4. The van der Waals surface area contributed by atoms with Gasteiger partial charge in [-0.1, -0.05) is 0 Å². The van der Waals surface area contributed by atoms with Crippen molar-refractivity contribution in [1.29, 1.82) is 0 Å². The number of rotatable bonds is 3. The summed E-state index contributed by atoms with van der Waals surface area (Å²) in [5.41, 5.74) is 1.06. The highest BCUT2D eigenvalue weighted by Crippen LogP contribution is 2.28. The number of carbonyl (C=O) groups excluding carboxylic acids is 2. The predicted octanol–water partition coefficient (Wildman–Crippen LogP) is 2.62. The molecule has 0 saturated carbocycles. The fourth-order valence-corrected chi connectivity index (χ4v) is 4.02. The first-order chi connectivity index (χ1) is 12.8. The molecule has 0 radical (unpaired) electrons. The summed E-state index contributed by atoms with van der Waals surface area (Å²) in [6, 6.07) is 7.71. The van der Waals surface area contributed by atoms with E-state index < -0.39 is 17.4 Å². The lowest BCUT2D eigenvalue weighted by Gasteiger charge is -2.37. The molecule has 27 heavy (non-hydrogen) atoms. The van der Waals surface area contributed by atoms with Gasteiger partial charge in [0.2, 0.25) is 0 Å². The Balaban J connectivity index is 1.52. The van der Waals surface area contributed by atoms with Gasteiger partial charge < -0.3 is 20.2 Å². The van der Waals surface area contributed by atoms with Gasteiger partial charge in [0.1, 0.15) is 0 Å². The molecule has 2 aliphatic rings. The number of likely N-dealkylation sites (tertiary alicyclic amines) is 1. The summed E-state index contributed by atoms with van der Waals surface area (Å²) in [7, 11) is 0. The fraction of sp³-hybridized carbons (Fsp3) is 0.619. The van der Waals surface area contributed by atoms with Crippen LogP contribution in [-0.4, -0.2) is 53.6 Å². The Morgan fingerprint density at radius 2 is 1.59 bits per heavy atom. The molecule has 0 spiro atoms. The lowest BCUT2D eigenvalue weighted by atomic mass is 9.83. The van der Waals surface area contributed by atoms with Gasteiger partial charge in [-0.3, -0.25) is 9.59 Å². The van der Waals surface area contributed by atoms with E-state index in [1.807, 2.05) is 24.3 Å². The van der Waals surface area contributed by atoms with Gasteiger partial charge in [-0.15, -0.1) is 0 Å². The van der Waals surface area contributed by atoms with E-state index in [9.17, 15) is 14.7 Å². The molecule has 2 amide bonds. The van der Waals surface area contributed by atoms with Crippen molar-refractivity contribution in [3.8, 4) is 0 Å². The van der Waals surface area contributed by atoms with Gasteiger partial charge in [0.15, 0.2) is 0 Å². The normalized spacial score (nSPS) is 19.1. The van der Waals surface area contributed by atoms with E-state index in [0.717, 1.165) is 18.8 Å². The second-order valence-corrected chi connectivity index (χ2v) is 8.27. The van der Waals surface area contributed by atoms with Crippen LogP contribution in [0.1, 0.15) is 46.0 Å². The smallest absolute Gasteiger partial charge is 0.313 e. The Morgan fingerprint density at radius 3 is 2.15 bits per heavy atom. The molecule has 0 unspecified atom stereocenters. The molecule has 2 fully saturated rings. The van der Waals surface area contributed by atoms with Crippen LogP contribution in [0.15, 0.2) is 24.3 Å². The molecular weight excluding hydrogens is 342 g/mol. The summed E-state index contributed by atoms with van der Waals surface area (Å²) in [4.78, 5) is 28.7. The van der Waals surface area contributed by atoms with Crippen LogP contribution in [0.5, 0.6) is 0 Å². The Bertz CT molecular complexity index is 652. The number of benzene rings is 1. The minimum absolute atomic E-state index is 0.159. The van der Waals surface area contributed by atoms with Crippen molar-refractivity contribution in [3.63, 3.8) is 0 Å². The van der Waals surface area contributed by atoms with Crippen LogP contribution in [0, 0.1) is 5.92 Å². The fourth-order valence-electron chi connectivity index (χ4n) is 4.02. The summed E-state index contributed by atoms with van der Waals surface area (Å²) in [5, 5.41) is 12.8. The monoisotopic (exact) mass is 373 g/mol. The van der Waals surface area contributed by atoms with E-state index in [0.29, 0.717) is 31.6 Å². The average molecular weight is 373 g/mol. The van der Waals surface area contributed by atoms with Gasteiger partial charge in [-0.25, -0.2) is 0 Å². The second-order valence-electron chi connectivity index (χ2n) is 8.27. The predicted molar refractivity (Wildman–Crippen MR) is 107 cm³/mol. The summed E-state index contributed by atoms with van der Waals surface area (Å²) < 4.78 is 0. The number of anilines is 2. The molecule has 2 N–H and O–H groups in total. The topological polar surface area (TPSA) is 72.9 Å². The van der Waals surface area contributed by atoms with Gasteiger partial charge >= 0.3 is 11.8 Å². The van der Waals surface area contributed by atoms with Crippen LogP contribution >= 0.6 is 0 Å². The molecule has 0 atom stereocenters. The van der Waals surface area contributed by atoms with E-state index in [4.69, 9.17) is 0 Å². The standard InChI is InChI=1S/C21H31N3O3/c1-21(2,27)16-10-14-24(15-11-16)20(26)19(25)22-17-6-8-18(9-7-17)23-12-4-3-5-13-23/h6-9,16,27H,3-5,10-15H2,1-2H3,(H,22,25). The van der Waals surface area contributed by atoms with Crippen molar-refractivity contribution < 1.29 is 14.7 Å². The lowest BCUT2D eigenvalue weighted by Crippen LogP contribution is -2.47. The largest absolute Gasteiger partial charge is 0.390 e. The van der Waals surface area contributed by atoms with E-state index >= 15 is 0 Å².